The summed E-state index contributed by atoms with van der Waals surface area (Å²) in [5.74, 6) is -1.35. The second-order valence-corrected chi connectivity index (χ2v) is 6.16. The molecule has 9 heteroatoms. The summed E-state index contributed by atoms with van der Waals surface area (Å²) in [6, 6.07) is 7.92. The lowest BCUT2D eigenvalue weighted by molar-refractivity contribution is 0.0696. The minimum absolute atomic E-state index is 0.0213. The summed E-state index contributed by atoms with van der Waals surface area (Å²) < 4.78 is 31.5. The molecule has 0 unspecified atom stereocenters. The maximum Gasteiger partial charge on any atom is 0.335 e. The second kappa shape index (κ2) is 6.15. The van der Waals surface area contributed by atoms with Crippen molar-refractivity contribution in [2.24, 2.45) is 10.2 Å². The Bertz CT molecular complexity index is 907. The third-order valence-corrected chi connectivity index (χ3v) is 3.80. The zero-order chi connectivity index (χ0) is 17.2. The van der Waals surface area contributed by atoms with E-state index in [2.05, 4.69) is 10.2 Å². The quantitative estimate of drug-likeness (QED) is 0.445. The predicted molar refractivity (Wildman–Crippen MR) is 83.0 cm³/mol. The number of rotatable bonds is 4. The molecule has 0 fully saturated rings. The molecule has 4 N–H and O–H groups in total. The number of nitrogen functional groups attached to an aromatic ring is 1. The predicted octanol–water partition coefficient (Wildman–Crippen LogP) is 2.94. The zero-order valence-corrected chi connectivity index (χ0v) is 12.8. The Labute approximate surface area is 132 Å². The van der Waals surface area contributed by atoms with E-state index in [-0.39, 0.29) is 11.3 Å². The molecule has 0 bridgehead atoms. The molecule has 0 saturated heterocycles. The molecule has 0 atom stereocenters. The van der Waals surface area contributed by atoms with E-state index < -0.39 is 21.0 Å². The molecule has 0 aliphatic heterocycles. The van der Waals surface area contributed by atoms with Crippen molar-refractivity contribution >= 4 is 33.1 Å². The average Bonchev–Trinajstić information content (AvgIpc) is 2.47. The Morgan fingerprint density at radius 3 is 2.30 bits per heavy atom. The highest BCUT2D eigenvalue weighted by molar-refractivity contribution is 7.85. The van der Waals surface area contributed by atoms with Gasteiger partial charge in [0.05, 0.1) is 21.8 Å². The molecule has 0 aliphatic carbocycles. The van der Waals surface area contributed by atoms with E-state index in [9.17, 15) is 13.2 Å². The second-order valence-electron chi connectivity index (χ2n) is 4.74. The Morgan fingerprint density at radius 1 is 1.09 bits per heavy atom. The highest BCUT2D eigenvalue weighted by Crippen LogP contribution is 2.25. The molecule has 8 nitrogen and oxygen atoms in total. The van der Waals surface area contributed by atoms with Gasteiger partial charge in [0.2, 0.25) is 0 Å². The van der Waals surface area contributed by atoms with Crippen molar-refractivity contribution in [1.82, 2.24) is 0 Å². The van der Waals surface area contributed by atoms with Crippen LogP contribution >= 0.6 is 0 Å². The van der Waals surface area contributed by atoms with Gasteiger partial charge in [-0.3, -0.25) is 4.55 Å². The lowest BCUT2D eigenvalue weighted by atomic mass is 10.2. The summed E-state index contributed by atoms with van der Waals surface area (Å²) >= 11 is 0. The van der Waals surface area contributed by atoms with Gasteiger partial charge in [-0.1, -0.05) is 0 Å². The largest absolute Gasteiger partial charge is 0.478 e. The van der Waals surface area contributed by atoms with Gasteiger partial charge in [0.15, 0.2) is 0 Å². The van der Waals surface area contributed by atoms with Gasteiger partial charge in [-0.25, -0.2) is 4.79 Å². The molecule has 0 heterocycles. The zero-order valence-electron chi connectivity index (χ0n) is 12.0. The standard InChI is InChI=1S/C14H13N3O5S/c1-8-4-10(2-3-13(8)15)16-17-11-5-9(14(18)19)6-12(7-11)23(20,21)22/h2-7H,15H2,1H3,(H,18,19)(H,20,21,22). The van der Waals surface area contributed by atoms with Crippen molar-refractivity contribution in [3.05, 3.63) is 47.5 Å². The number of azo groups is 1. The van der Waals surface area contributed by atoms with Crippen LogP contribution < -0.4 is 5.73 Å². The molecular weight excluding hydrogens is 322 g/mol. The number of aromatic carboxylic acids is 1. The highest BCUT2D eigenvalue weighted by atomic mass is 32.2. The van der Waals surface area contributed by atoms with Gasteiger partial charge >= 0.3 is 5.97 Å². The molecule has 2 rings (SSSR count). The summed E-state index contributed by atoms with van der Waals surface area (Å²) in [4.78, 5) is 10.5. The van der Waals surface area contributed by atoms with Crippen LogP contribution in [0.3, 0.4) is 0 Å². The van der Waals surface area contributed by atoms with E-state index >= 15 is 0 Å². The Balaban J connectivity index is 2.46. The summed E-state index contributed by atoms with van der Waals surface area (Å²) in [7, 11) is -4.56. The maximum atomic E-state index is 11.2. The Morgan fingerprint density at radius 2 is 1.74 bits per heavy atom. The molecular formula is C14H13N3O5S. The van der Waals surface area contributed by atoms with Crippen LogP contribution in [0.2, 0.25) is 0 Å². The number of carboxylic acids is 1. The van der Waals surface area contributed by atoms with Gasteiger partial charge in [-0.2, -0.15) is 18.6 Å². The van der Waals surface area contributed by atoms with E-state index in [1.807, 2.05) is 0 Å². The van der Waals surface area contributed by atoms with Crippen LogP contribution in [-0.4, -0.2) is 24.0 Å². The van der Waals surface area contributed by atoms with Crippen molar-refractivity contribution in [2.45, 2.75) is 11.8 Å². The fourth-order valence-electron chi connectivity index (χ4n) is 1.75. The van der Waals surface area contributed by atoms with Crippen LogP contribution in [0.15, 0.2) is 51.5 Å². The first-order valence-electron chi connectivity index (χ1n) is 6.30. The van der Waals surface area contributed by atoms with Crippen molar-refractivity contribution in [1.29, 1.82) is 0 Å². The number of nitrogens with zero attached hydrogens (tertiary/aromatic N) is 2. The third-order valence-electron chi connectivity index (χ3n) is 2.97. The van der Waals surface area contributed by atoms with Crippen molar-refractivity contribution in [3.63, 3.8) is 0 Å². The lowest BCUT2D eigenvalue weighted by Gasteiger charge is -2.02. The molecule has 0 amide bonds. The summed E-state index contributed by atoms with van der Waals surface area (Å²) in [6.07, 6.45) is 0. The maximum absolute atomic E-state index is 11.2. The van der Waals surface area contributed by atoms with Crippen LogP contribution in [-0.2, 0) is 10.1 Å². The first-order valence-corrected chi connectivity index (χ1v) is 7.74. The van der Waals surface area contributed by atoms with E-state index in [0.717, 1.165) is 23.8 Å². The molecule has 23 heavy (non-hydrogen) atoms. The number of hydrogen-bond donors (Lipinski definition) is 3. The smallest absolute Gasteiger partial charge is 0.335 e. The fraction of sp³-hybridized carbons (Fsp3) is 0.0714. The topological polar surface area (TPSA) is 142 Å². The normalized spacial score (nSPS) is 11.7. The minimum Gasteiger partial charge on any atom is -0.478 e. The molecule has 0 spiro atoms. The molecule has 0 saturated carbocycles. The van der Waals surface area contributed by atoms with E-state index in [4.69, 9.17) is 15.4 Å². The first kappa shape index (κ1) is 16.6. The van der Waals surface area contributed by atoms with Gasteiger partial charge in [-0.05, 0) is 48.9 Å². The van der Waals surface area contributed by atoms with Crippen molar-refractivity contribution in [3.8, 4) is 0 Å². The van der Waals surface area contributed by atoms with E-state index in [1.54, 1.807) is 25.1 Å². The average molecular weight is 335 g/mol. The summed E-state index contributed by atoms with van der Waals surface area (Å²) in [5, 5.41) is 16.7. The number of hydrogen-bond acceptors (Lipinski definition) is 6. The summed E-state index contributed by atoms with van der Waals surface area (Å²) in [5.41, 5.74) is 7.18. The number of benzene rings is 2. The third kappa shape index (κ3) is 4.11. The van der Waals surface area contributed by atoms with Crippen LogP contribution in [0.25, 0.3) is 0 Å². The SMILES string of the molecule is Cc1cc(N=Nc2cc(C(=O)O)cc(S(=O)(=O)O)c2)ccc1N. The van der Waals surface area contributed by atoms with Crippen LogP contribution in [0.5, 0.6) is 0 Å². The molecule has 0 aliphatic rings. The molecule has 120 valence electrons. The van der Waals surface area contributed by atoms with Gasteiger partial charge in [0.1, 0.15) is 0 Å². The van der Waals surface area contributed by atoms with Gasteiger partial charge in [0, 0.05) is 5.69 Å². The van der Waals surface area contributed by atoms with Crippen LogP contribution in [0.4, 0.5) is 17.1 Å². The lowest BCUT2D eigenvalue weighted by Crippen LogP contribution is -2.02. The molecule has 2 aromatic carbocycles. The summed E-state index contributed by atoms with van der Waals surface area (Å²) in [6.45, 7) is 1.79. The van der Waals surface area contributed by atoms with E-state index in [0.29, 0.717) is 11.4 Å². The number of carboxylic acid groups (broad SMARTS) is 1. The monoisotopic (exact) mass is 335 g/mol. The van der Waals surface area contributed by atoms with Crippen molar-refractivity contribution < 1.29 is 22.9 Å². The van der Waals surface area contributed by atoms with Crippen LogP contribution in [0.1, 0.15) is 15.9 Å². The van der Waals surface area contributed by atoms with E-state index in [1.165, 1.54) is 0 Å². The Hall–Kier alpha value is -2.78. The number of carbonyl (C=O) groups is 1. The van der Waals surface area contributed by atoms with Gasteiger partial charge < -0.3 is 10.8 Å². The molecule has 2 aromatic rings. The van der Waals surface area contributed by atoms with Crippen LogP contribution in [0, 0.1) is 6.92 Å². The Kier molecular flexibility index (Phi) is 4.43. The highest BCUT2D eigenvalue weighted by Gasteiger charge is 2.15. The number of aryl methyl sites for hydroxylation is 1. The first-order chi connectivity index (χ1) is 10.7. The minimum atomic E-state index is -4.56. The number of anilines is 1. The van der Waals surface area contributed by atoms with Gasteiger partial charge in [0.25, 0.3) is 10.1 Å². The molecule has 0 radical (unpaired) electrons. The number of nitrogens with two attached hydrogens (primary N) is 1. The van der Waals surface area contributed by atoms with Gasteiger partial charge in [-0.15, -0.1) is 0 Å². The molecule has 0 aromatic heterocycles. The fourth-order valence-corrected chi connectivity index (χ4v) is 2.30. The van der Waals surface area contributed by atoms with Crippen molar-refractivity contribution in [2.75, 3.05) is 5.73 Å².